The highest BCUT2D eigenvalue weighted by molar-refractivity contribution is 5.28. The first-order valence-electron chi connectivity index (χ1n) is 8.17. The molecule has 0 aromatic heterocycles. The minimum atomic E-state index is -0.353. The zero-order valence-corrected chi connectivity index (χ0v) is 12.8. The van der Waals surface area contributed by atoms with E-state index in [9.17, 15) is 5.26 Å². The average molecular weight is 284 g/mol. The first-order chi connectivity index (χ1) is 10.2. The van der Waals surface area contributed by atoms with E-state index in [1.165, 1.54) is 24.8 Å². The monoisotopic (exact) mass is 284 g/mol. The molecule has 2 saturated carbocycles. The molecule has 3 nitrogen and oxygen atoms in total. The molecular formula is C18H24N2O. The Balaban J connectivity index is 1.57. The highest BCUT2D eigenvalue weighted by atomic mass is 16.5. The lowest BCUT2D eigenvalue weighted by Gasteiger charge is -2.22. The van der Waals surface area contributed by atoms with Gasteiger partial charge in [0.1, 0.15) is 17.4 Å². The predicted molar refractivity (Wildman–Crippen MR) is 83.2 cm³/mol. The van der Waals surface area contributed by atoms with Crippen LogP contribution in [0.15, 0.2) is 24.3 Å². The second kappa shape index (κ2) is 6.07. The molecule has 1 aromatic carbocycles. The lowest BCUT2D eigenvalue weighted by molar-refractivity contribution is 0.200. The molecule has 0 radical (unpaired) electrons. The number of rotatable bonds is 6. The van der Waals surface area contributed by atoms with Crippen molar-refractivity contribution in [2.75, 3.05) is 0 Å². The van der Waals surface area contributed by atoms with E-state index in [1.54, 1.807) is 0 Å². The van der Waals surface area contributed by atoms with Crippen LogP contribution in [0.3, 0.4) is 0 Å². The summed E-state index contributed by atoms with van der Waals surface area (Å²) < 4.78 is 6.08. The number of ether oxygens (including phenoxy) is 1. The van der Waals surface area contributed by atoms with Crippen LogP contribution in [-0.2, 0) is 6.42 Å². The fourth-order valence-corrected chi connectivity index (χ4v) is 3.20. The summed E-state index contributed by atoms with van der Waals surface area (Å²) in [6.07, 6.45) is 7.54. The van der Waals surface area contributed by atoms with Gasteiger partial charge in [-0.2, -0.15) is 5.26 Å². The topological polar surface area (TPSA) is 45.0 Å². The van der Waals surface area contributed by atoms with E-state index in [4.69, 9.17) is 4.74 Å². The average Bonchev–Trinajstić information content (AvgIpc) is 3.21. The van der Waals surface area contributed by atoms with Crippen molar-refractivity contribution in [3.63, 3.8) is 0 Å². The maximum atomic E-state index is 9.50. The van der Waals surface area contributed by atoms with Crippen LogP contribution < -0.4 is 10.1 Å². The quantitative estimate of drug-likeness (QED) is 0.868. The maximum Gasteiger partial charge on any atom is 0.119 e. The summed E-state index contributed by atoms with van der Waals surface area (Å²) in [6, 6.07) is 11.5. The maximum absolute atomic E-state index is 9.50. The Bertz CT molecular complexity index is 515. The molecule has 2 atom stereocenters. The second-order valence-electron chi connectivity index (χ2n) is 6.49. The zero-order chi connectivity index (χ0) is 14.7. The predicted octanol–water partition coefficient (Wildman–Crippen LogP) is 3.58. The zero-order valence-electron chi connectivity index (χ0n) is 12.8. The van der Waals surface area contributed by atoms with Gasteiger partial charge >= 0.3 is 0 Å². The Labute approximate surface area is 127 Å². The molecule has 1 N–H and O–H groups in total. The van der Waals surface area contributed by atoms with Gasteiger partial charge in [0.25, 0.3) is 0 Å². The van der Waals surface area contributed by atoms with Gasteiger partial charge in [-0.15, -0.1) is 0 Å². The normalized spacial score (nSPS) is 28.3. The Morgan fingerprint density at radius 2 is 2.05 bits per heavy atom. The lowest BCUT2D eigenvalue weighted by Crippen LogP contribution is -2.43. The van der Waals surface area contributed by atoms with E-state index in [0.29, 0.717) is 6.04 Å². The molecule has 1 aromatic rings. The standard InChI is InChI=1S/C18H24N2O/c1-2-3-14-4-8-16(9-5-14)21-17-10-11-18(12-17,13-19)20-15-6-7-15/h4-5,8-9,15,17,20H,2-3,6-7,10-12H2,1H3. The molecule has 3 rings (SSSR count). The Morgan fingerprint density at radius 1 is 1.29 bits per heavy atom. The van der Waals surface area contributed by atoms with Crippen LogP contribution >= 0.6 is 0 Å². The van der Waals surface area contributed by atoms with Gasteiger partial charge in [-0.05, 0) is 49.8 Å². The van der Waals surface area contributed by atoms with Gasteiger partial charge in [0.05, 0.1) is 6.07 Å². The molecular weight excluding hydrogens is 260 g/mol. The molecule has 0 bridgehead atoms. The van der Waals surface area contributed by atoms with Crippen LogP contribution in [0.25, 0.3) is 0 Å². The van der Waals surface area contributed by atoms with E-state index in [-0.39, 0.29) is 11.6 Å². The first kappa shape index (κ1) is 14.4. The summed E-state index contributed by atoms with van der Waals surface area (Å²) >= 11 is 0. The fraction of sp³-hybridized carbons (Fsp3) is 0.611. The van der Waals surface area contributed by atoms with Gasteiger partial charge in [0, 0.05) is 12.5 Å². The van der Waals surface area contributed by atoms with E-state index in [2.05, 4.69) is 42.6 Å². The third-order valence-corrected chi connectivity index (χ3v) is 4.51. The minimum absolute atomic E-state index is 0.160. The van der Waals surface area contributed by atoms with Crippen molar-refractivity contribution in [2.45, 2.75) is 69.6 Å². The molecule has 2 aliphatic carbocycles. The summed E-state index contributed by atoms with van der Waals surface area (Å²) in [5.41, 5.74) is 1.01. The van der Waals surface area contributed by atoms with Crippen molar-refractivity contribution in [3.8, 4) is 11.8 Å². The summed E-state index contributed by atoms with van der Waals surface area (Å²) in [7, 11) is 0. The van der Waals surface area contributed by atoms with Crippen molar-refractivity contribution in [2.24, 2.45) is 0 Å². The molecule has 0 saturated heterocycles. The Kier molecular flexibility index (Phi) is 4.17. The van der Waals surface area contributed by atoms with Crippen LogP contribution in [0.1, 0.15) is 51.0 Å². The molecule has 3 heteroatoms. The van der Waals surface area contributed by atoms with Crippen LogP contribution in [0.2, 0.25) is 0 Å². The summed E-state index contributed by atoms with van der Waals surface area (Å²) in [4.78, 5) is 0. The molecule has 0 aliphatic heterocycles. The Hall–Kier alpha value is -1.53. The van der Waals surface area contributed by atoms with Gasteiger partial charge in [0.15, 0.2) is 0 Å². The van der Waals surface area contributed by atoms with Gasteiger partial charge < -0.3 is 4.74 Å². The number of nitrogens with one attached hydrogen (secondary N) is 1. The molecule has 2 aliphatic rings. The molecule has 0 spiro atoms. The van der Waals surface area contributed by atoms with Crippen molar-refractivity contribution in [1.82, 2.24) is 5.32 Å². The first-order valence-corrected chi connectivity index (χ1v) is 8.17. The van der Waals surface area contributed by atoms with E-state index in [0.717, 1.165) is 31.4 Å². The summed E-state index contributed by atoms with van der Waals surface area (Å²) in [6.45, 7) is 2.19. The fourth-order valence-electron chi connectivity index (χ4n) is 3.20. The number of nitrogens with zero attached hydrogens (tertiary/aromatic N) is 1. The van der Waals surface area contributed by atoms with Crippen molar-refractivity contribution >= 4 is 0 Å². The Morgan fingerprint density at radius 3 is 2.67 bits per heavy atom. The molecule has 0 heterocycles. The lowest BCUT2D eigenvalue weighted by atomic mass is 9.99. The summed E-state index contributed by atoms with van der Waals surface area (Å²) in [5, 5.41) is 13.0. The highest BCUT2D eigenvalue weighted by Crippen LogP contribution is 2.35. The largest absolute Gasteiger partial charge is 0.490 e. The van der Waals surface area contributed by atoms with Crippen LogP contribution in [0.4, 0.5) is 0 Å². The molecule has 0 amide bonds. The number of aryl methyl sites for hydroxylation is 1. The smallest absolute Gasteiger partial charge is 0.119 e. The molecule has 2 unspecified atom stereocenters. The number of hydrogen-bond acceptors (Lipinski definition) is 3. The van der Waals surface area contributed by atoms with E-state index in [1.807, 2.05) is 0 Å². The highest BCUT2D eigenvalue weighted by Gasteiger charge is 2.43. The van der Waals surface area contributed by atoms with Crippen molar-refractivity contribution < 1.29 is 4.74 Å². The van der Waals surface area contributed by atoms with Gasteiger partial charge in [-0.1, -0.05) is 25.5 Å². The number of nitriles is 1. The van der Waals surface area contributed by atoms with Crippen molar-refractivity contribution in [3.05, 3.63) is 29.8 Å². The van der Waals surface area contributed by atoms with Crippen LogP contribution in [0.5, 0.6) is 5.75 Å². The number of benzene rings is 1. The second-order valence-corrected chi connectivity index (χ2v) is 6.49. The van der Waals surface area contributed by atoms with Gasteiger partial charge in [-0.3, -0.25) is 5.32 Å². The van der Waals surface area contributed by atoms with E-state index < -0.39 is 0 Å². The van der Waals surface area contributed by atoms with E-state index >= 15 is 0 Å². The SMILES string of the molecule is CCCc1ccc(OC2CCC(C#N)(NC3CC3)C2)cc1. The molecule has 21 heavy (non-hydrogen) atoms. The van der Waals surface area contributed by atoms with Gasteiger partial charge in [0.2, 0.25) is 0 Å². The van der Waals surface area contributed by atoms with Crippen molar-refractivity contribution in [1.29, 1.82) is 5.26 Å². The third kappa shape index (κ3) is 3.57. The van der Waals surface area contributed by atoms with Crippen LogP contribution in [0, 0.1) is 11.3 Å². The van der Waals surface area contributed by atoms with Gasteiger partial charge in [-0.25, -0.2) is 0 Å². The number of hydrogen-bond donors (Lipinski definition) is 1. The molecule has 2 fully saturated rings. The minimum Gasteiger partial charge on any atom is -0.490 e. The van der Waals surface area contributed by atoms with Crippen LogP contribution in [-0.4, -0.2) is 17.7 Å². The molecule has 112 valence electrons. The third-order valence-electron chi connectivity index (χ3n) is 4.51. The summed E-state index contributed by atoms with van der Waals surface area (Å²) in [5.74, 6) is 0.931.